The second kappa shape index (κ2) is 9.20. The predicted molar refractivity (Wildman–Crippen MR) is 107 cm³/mol. The van der Waals surface area contributed by atoms with Crippen molar-refractivity contribution in [3.8, 4) is 0 Å². The molecule has 2 aromatic rings. The number of nitrogens with zero attached hydrogens (tertiary/aromatic N) is 2. The molecule has 2 amide bonds. The minimum absolute atomic E-state index is 0.230. The number of amides is 2. The molecule has 0 saturated carbocycles. The first kappa shape index (κ1) is 23.6. The first-order chi connectivity index (χ1) is 15.5. The Morgan fingerprint density at radius 1 is 1.06 bits per heavy atom. The lowest BCUT2D eigenvalue weighted by molar-refractivity contribution is -0.138. The van der Waals surface area contributed by atoms with Crippen molar-refractivity contribution in [1.29, 1.82) is 0 Å². The maximum atomic E-state index is 13.2. The van der Waals surface area contributed by atoms with E-state index in [1.807, 2.05) is 5.32 Å². The maximum absolute atomic E-state index is 13.2. The van der Waals surface area contributed by atoms with E-state index in [1.165, 1.54) is 0 Å². The fraction of sp³-hybridized carbons (Fsp3) is 0.190. The highest BCUT2D eigenvalue weighted by atomic mass is 19.4. The monoisotopic (exact) mass is 465 g/mol. The van der Waals surface area contributed by atoms with Gasteiger partial charge in [-0.05, 0) is 23.8 Å². The number of anilines is 1. The number of rotatable bonds is 6. The van der Waals surface area contributed by atoms with E-state index in [-0.39, 0.29) is 6.54 Å². The molecule has 4 N–H and O–H groups in total. The third kappa shape index (κ3) is 5.06. The number of hydrogen-bond acceptors (Lipinski definition) is 6. The average Bonchev–Trinajstić information content (AvgIpc) is 2.75. The molecule has 1 unspecified atom stereocenters. The summed E-state index contributed by atoms with van der Waals surface area (Å²) in [5.41, 5.74) is -1.90. The van der Waals surface area contributed by atoms with Crippen molar-refractivity contribution in [2.24, 2.45) is 0 Å². The number of halogens is 3. The predicted octanol–water partition coefficient (Wildman–Crippen LogP) is 1.80. The van der Waals surface area contributed by atoms with Gasteiger partial charge < -0.3 is 20.6 Å². The molecule has 1 heterocycles. The Hall–Kier alpha value is -4.06. The number of aliphatic hydroxyl groups excluding tert-OH is 2. The van der Waals surface area contributed by atoms with Gasteiger partial charge in [0, 0.05) is 5.69 Å². The highest BCUT2D eigenvalue weighted by molar-refractivity contribution is 6.24. The van der Waals surface area contributed by atoms with Crippen molar-refractivity contribution in [1.82, 2.24) is 10.2 Å². The van der Waals surface area contributed by atoms with Crippen LogP contribution in [-0.2, 0) is 27.1 Å². The van der Waals surface area contributed by atoms with E-state index in [0.29, 0.717) is 16.5 Å². The summed E-state index contributed by atoms with van der Waals surface area (Å²) in [7, 11) is 0. The normalized spacial score (nSPS) is 16.7. The smallest absolute Gasteiger partial charge is 0.416 e. The van der Waals surface area contributed by atoms with E-state index in [1.54, 1.807) is 30.3 Å². The lowest BCUT2D eigenvalue weighted by Gasteiger charge is -2.41. The molecule has 1 aliphatic rings. The number of alkyl halides is 3. The summed E-state index contributed by atoms with van der Waals surface area (Å²) in [5, 5.41) is 32.2. The van der Waals surface area contributed by atoms with Crippen molar-refractivity contribution in [3.05, 3.63) is 77.2 Å². The summed E-state index contributed by atoms with van der Waals surface area (Å²) < 4.78 is 39.6. The highest BCUT2D eigenvalue weighted by Crippen LogP contribution is 2.34. The second-order valence-corrected chi connectivity index (χ2v) is 6.96. The lowest BCUT2D eigenvalue weighted by atomic mass is 10.1. The van der Waals surface area contributed by atoms with Gasteiger partial charge in [-0.15, -0.1) is 0 Å². The van der Waals surface area contributed by atoms with Crippen LogP contribution in [0.25, 0.3) is 0 Å². The summed E-state index contributed by atoms with van der Waals surface area (Å²) in [5.74, 6) is -4.97. The molecule has 12 heteroatoms. The van der Waals surface area contributed by atoms with Crippen molar-refractivity contribution in [3.63, 3.8) is 0 Å². The Balaban J connectivity index is 2.09. The Morgan fingerprint density at radius 3 is 2.33 bits per heavy atom. The fourth-order valence-corrected chi connectivity index (χ4v) is 3.18. The van der Waals surface area contributed by atoms with Crippen LogP contribution in [0.2, 0.25) is 0 Å². The third-order valence-corrected chi connectivity index (χ3v) is 4.71. The molecule has 174 valence electrons. The molecule has 2 aromatic carbocycles. The average molecular weight is 465 g/mol. The SMILES string of the molecule is O=C(O)CNC(=O)C1=C(O)N(Cc2ccccc2)C(O)N(c2cccc(C(F)(F)F)c2)C1=O. The molecule has 3 rings (SSSR count). The first-order valence-electron chi connectivity index (χ1n) is 9.43. The van der Waals surface area contributed by atoms with Crippen LogP contribution in [0, 0.1) is 0 Å². The number of benzene rings is 2. The molecule has 0 radical (unpaired) electrons. The van der Waals surface area contributed by atoms with E-state index >= 15 is 0 Å². The number of carbonyl (C=O) groups is 3. The van der Waals surface area contributed by atoms with Crippen LogP contribution in [0.1, 0.15) is 11.1 Å². The minimum Gasteiger partial charge on any atom is -0.494 e. The Kier molecular flexibility index (Phi) is 6.58. The lowest BCUT2D eigenvalue weighted by Crippen LogP contribution is -2.57. The zero-order valence-corrected chi connectivity index (χ0v) is 16.8. The van der Waals surface area contributed by atoms with Gasteiger partial charge in [0.25, 0.3) is 11.8 Å². The van der Waals surface area contributed by atoms with Crippen LogP contribution < -0.4 is 10.2 Å². The molecule has 1 aliphatic heterocycles. The van der Waals surface area contributed by atoms with Gasteiger partial charge in [0.15, 0.2) is 5.57 Å². The standard InChI is InChI=1S/C21H18F3N3O6/c22-21(23,24)13-7-4-8-14(9-13)27-19(32)16(17(30)25-10-15(28)29)18(31)26(20(27)33)11-12-5-2-1-3-6-12/h1-9,20,31,33H,10-11H2,(H,25,30)(H,28,29). The van der Waals surface area contributed by atoms with Gasteiger partial charge in [0.1, 0.15) is 6.54 Å². The topological polar surface area (TPSA) is 130 Å². The number of aliphatic hydroxyl groups is 2. The van der Waals surface area contributed by atoms with Crippen LogP contribution in [0.4, 0.5) is 18.9 Å². The van der Waals surface area contributed by atoms with Gasteiger partial charge in [-0.3, -0.25) is 24.2 Å². The summed E-state index contributed by atoms with van der Waals surface area (Å²) in [6, 6.07) is 11.8. The van der Waals surface area contributed by atoms with E-state index in [4.69, 9.17) is 5.11 Å². The molecule has 0 spiro atoms. The molecule has 1 atom stereocenters. The van der Waals surface area contributed by atoms with Crippen LogP contribution in [-0.4, -0.2) is 50.9 Å². The zero-order valence-electron chi connectivity index (χ0n) is 16.8. The quantitative estimate of drug-likeness (QED) is 0.479. The molecule has 0 aromatic heterocycles. The Labute approximate surface area is 185 Å². The number of nitrogens with one attached hydrogen (secondary N) is 1. The van der Waals surface area contributed by atoms with Crippen molar-refractivity contribution in [2.45, 2.75) is 19.1 Å². The number of carboxylic acids is 1. The van der Waals surface area contributed by atoms with Gasteiger partial charge in [0.05, 0.1) is 12.1 Å². The summed E-state index contributed by atoms with van der Waals surface area (Å²) >= 11 is 0. The van der Waals surface area contributed by atoms with Crippen LogP contribution in [0.5, 0.6) is 0 Å². The van der Waals surface area contributed by atoms with Crippen LogP contribution >= 0.6 is 0 Å². The molecule has 0 fully saturated rings. The second-order valence-electron chi connectivity index (χ2n) is 6.96. The molecular formula is C21H18F3N3O6. The van der Waals surface area contributed by atoms with Gasteiger partial charge >= 0.3 is 12.1 Å². The van der Waals surface area contributed by atoms with Crippen LogP contribution in [0.3, 0.4) is 0 Å². The van der Waals surface area contributed by atoms with Crippen molar-refractivity contribution >= 4 is 23.5 Å². The highest BCUT2D eigenvalue weighted by Gasteiger charge is 2.43. The minimum atomic E-state index is -4.75. The molecule has 0 aliphatic carbocycles. The number of hydrogen-bond donors (Lipinski definition) is 4. The molecular weight excluding hydrogens is 447 g/mol. The van der Waals surface area contributed by atoms with Gasteiger partial charge in [0.2, 0.25) is 12.2 Å². The van der Waals surface area contributed by atoms with Gasteiger partial charge in [-0.25, -0.2) is 0 Å². The summed E-state index contributed by atoms with van der Waals surface area (Å²) in [6.07, 6.45) is -6.72. The van der Waals surface area contributed by atoms with E-state index in [0.717, 1.165) is 23.1 Å². The van der Waals surface area contributed by atoms with Crippen molar-refractivity contribution in [2.75, 3.05) is 11.4 Å². The van der Waals surface area contributed by atoms with Gasteiger partial charge in [-0.1, -0.05) is 36.4 Å². The van der Waals surface area contributed by atoms with Crippen LogP contribution in [0.15, 0.2) is 66.1 Å². The molecule has 0 saturated heterocycles. The zero-order chi connectivity index (χ0) is 24.3. The molecule has 9 nitrogen and oxygen atoms in total. The molecule has 0 bridgehead atoms. The van der Waals surface area contributed by atoms with E-state index < -0.39 is 59.6 Å². The Bertz CT molecular complexity index is 1100. The Morgan fingerprint density at radius 2 is 1.73 bits per heavy atom. The van der Waals surface area contributed by atoms with E-state index in [9.17, 15) is 37.8 Å². The number of aliphatic carboxylic acids is 1. The van der Waals surface area contributed by atoms with E-state index in [2.05, 4.69) is 0 Å². The number of carbonyl (C=O) groups excluding carboxylic acids is 2. The largest absolute Gasteiger partial charge is 0.494 e. The van der Waals surface area contributed by atoms with Gasteiger partial charge in [-0.2, -0.15) is 13.2 Å². The summed E-state index contributed by atoms with van der Waals surface area (Å²) in [6.45, 7) is -1.11. The maximum Gasteiger partial charge on any atom is 0.416 e. The van der Waals surface area contributed by atoms with Crippen molar-refractivity contribution < 1.29 is 42.9 Å². The number of carboxylic acid groups (broad SMARTS) is 1. The fourth-order valence-electron chi connectivity index (χ4n) is 3.18. The third-order valence-electron chi connectivity index (χ3n) is 4.71. The first-order valence-corrected chi connectivity index (χ1v) is 9.43. The molecule has 33 heavy (non-hydrogen) atoms. The summed E-state index contributed by atoms with van der Waals surface area (Å²) in [4.78, 5) is 37.6.